The summed E-state index contributed by atoms with van der Waals surface area (Å²) >= 11 is 0. The Kier molecular flexibility index (Phi) is 8.11. The van der Waals surface area contributed by atoms with Crippen molar-refractivity contribution in [2.24, 2.45) is 5.10 Å². The van der Waals surface area contributed by atoms with E-state index in [0.717, 1.165) is 16.8 Å². The Balaban J connectivity index is 1.13. The summed E-state index contributed by atoms with van der Waals surface area (Å²) < 4.78 is 19.7. The Hall–Kier alpha value is -5.04. The summed E-state index contributed by atoms with van der Waals surface area (Å²) in [7, 11) is 0. The largest absolute Gasteiger partial charge is 0.488 e. The zero-order chi connectivity index (χ0) is 27.9. The number of hydrazone groups is 1. The zero-order valence-electron chi connectivity index (χ0n) is 22.8. The van der Waals surface area contributed by atoms with Crippen molar-refractivity contribution in [3.8, 4) is 17.2 Å². The van der Waals surface area contributed by atoms with E-state index in [0.29, 0.717) is 23.9 Å². The molecular formula is C33H31N3O4. The molecule has 2 aromatic heterocycles. The zero-order valence-corrected chi connectivity index (χ0v) is 22.8. The molecule has 0 atom stereocenters. The topological polar surface area (TPSA) is 78.0 Å². The average Bonchev–Trinajstić information content (AvgIpc) is 3.58. The van der Waals surface area contributed by atoms with Crippen LogP contribution in [0.2, 0.25) is 0 Å². The van der Waals surface area contributed by atoms with Crippen LogP contribution in [0.15, 0.2) is 107 Å². The summed E-state index contributed by atoms with van der Waals surface area (Å²) in [4.78, 5) is 12.6. The van der Waals surface area contributed by atoms with E-state index in [1.54, 1.807) is 18.3 Å². The van der Waals surface area contributed by atoms with Crippen LogP contribution in [0, 0.1) is 20.8 Å². The minimum Gasteiger partial charge on any atom is -0.488 e. The molecule has 5 aromatic rings. The molecule has 7 heteroatoms. The van der Waals surface area contributed by atoms with Crippen molar-refractivity contribution in [1.29, 1.82) is 0 Å². The van der Waals surface area contributed by atoms with Crippen molar-refractivity contribution in [3.63, 3.8) is 0 Å². The van der Waals surface area contributed by atoms with E-state index < -0.39 is 5.91 Å². The number of ether oxygens (including phenoxy) is 2. The first-order valence-electron chi connectivity index (χ1n) is 13.0. The number of aromatic nitrogens is 1. The van der Waals surface area contributed by atoms with Gasteiger partial charge in [-0.2, -0.15) is 5.10 Å². The maximum Gasteiger partial charge on any atom is 0.307 e. The van der Waals surface area contributed by atoms with E-state index in [9.17, 15) is 4.79 Å². The lowest BCUT2D eigenvalue weighted by molar-refractivity contribution is 0.0923. The van der Waals surface area contributed by atoms with Gasteiger partial charge in [-0.25, -0.2) is 5.43 Å². The summed E-state index contributed by atoms with van der Waals surface area (Å²) in [6.45, 7) is 6.84. The van der Waals surface area contributed by atoms with Crippen LogP contribution in [-0.4, -0.2) is 16.7 Å². The predicted octanol–water partition coefficient (Wildman–Crippen LogP) is 6.92. The number of nitrogens with one attached hydrogen (secondary N) is 1. The predicted molar refractivity (Wildman–Crippen MR) is 155 cm³/mol. The number of aryl methyl sites for hydroxylation is 3. The van der Waals surface area contributed by atoms with Gasteiger partial charge in [-0.15, -0.1) is 0 Å². The van der Waals surface area contributed by atoms with Crippen LogP contribution in [0.1, 0.15) is 44.4 Å². The molecule has 0 aliphatic heterocycles. The third-order valence-electron chi connectivity index (χ3n) is 6.40. The quantitative estimate of drug-likeness (QED) is 0.156. The molecule has 0 saturated heterocycles. The molecule has 1 N–H and O–H groups in total. The second-order valence-electron chi connectivity index (χ2n) is 9.51. The number of para-hydroxylation sites is 1. The standard InChI is InChI=1S/C33H31N3O4/c1-23-7-6-8-26(19-23)21-39-31-10-5-4-9-27(31)20-34-35-33(37)32-18-17-30(40-32)22-38-29-15-13-28(14-16-29)36-24(2)11-12-25(36)3/h4-20H,21-22H2,1-3H3,(H,35,37)/b34-20+. The first kappa shape index (κ1) is 26.6. The van der Waals surface area contributed by atoms with Gasteiger partial charge in [0.25, 0.3) is 0 Å². The molecule has 5 rings (SSSR count). The van der Waals surface area contributed by atoms with E-state index in [-0.39, 0.29) is 12.4 Å². The molecule has 1 amide bonds. The van der Waals surface area contributed by atoms with Crippen LogP contribution in [-0.2, 0) is 13.2 Å². The van der Waals surface area contributed by atoms with E-state index in [4.69, 9.17) is 13.9 Å². The first-order chi connectivity index (χ1) is 19.5. The van der Waals surface area contributed by atoms with Gasteiger partial charge in [0.05, 0.1) is 6.21 Å². The van der Waals surface area contributed by atoms with Gasteiger partial charge < -0.3 is 18.5 Å². The van der Waals surface area contributed by atoms with E-state index in [2.05, 4.69) is 47.1 Å². The van der Waals surface area contributed by atoms with Gasteiger partial charge in [0.15, 0.2) is 5.76 Å². The third-order valence-corrected chi connectivity index (χ3v) is 6.40. The number of carbonyl (C=O) groups is 1. The van der Waals surface area contributed by atoms with Gasteiger partial charge in [0.2, 0.25) is 0 Å². The molecule has 2 heterocycles. The molecule has 7 nitrogen and oxygen atoms in total. The molecule has 0 unspecified atom stereocenters. The minimum atomic E-state index is -0.456. The summed E-state index contributed by atoms with van der Waals surface area (Å²) in [5.74, 6) is 1.61. The van der Waals surface area contributed by atoms with Gasteiger partial charge in [-0.05, 0) is 87.0 Å². The smallest absolute Gasteiger partial charge is 0.307 e. The monoisotopic (exact) mass is 533 g/mol. The van der Waals surface area contributed by atoms with Crippen molar-refractivity contribution in [2.75, 3.05) is 0 Å². The van der Waals surface area contributed by atoms with Gasteiger partial charge in [0, 0.05) is 22.6 Å². The maximum atomic E-state index is 12.6. The summed E-state index contributed by atoms with van der Waals surface area (Å²) in [6, 6.07) is 31.1. The summed E-state index contributed by atoms with van der Waals surface area (Å²) in [5.41, 5.74) is 8.94. The molecule has 0 spiro atoms. The van der Waals surface area contributed by atoms with Gasteiger partial charge in [0.1, 0.15) is 30.5 Å². The van der Waals surface area contributed by atoms with Crippen LogP contribution in [0.5, 0.6) is 11.5 Å². The van der Waals surface area contributed by atoms with E-state index in [1.807, 2.05) is 73.7 Å². The number of benzene rings is 3. The lowest BCUT2D eigenvalue weighted by Gasteiger charge is -2.10. The number of furan rings is 1. The van der Waals surface area contributed by atoms with Crippen molar-refractivity contribution >= 4 is 12.1 Å². The third kappa shape index (κ3) is 6.50. The fraction of sp³-hybridized carbons (Fsp3) is 0.152. The number of carbonyl (C=O) groups excluding carboxylic acids is 1. The van der Waals surface area contributed by atoms with Crippen molar-refractivity contribution < 1.29 is 18.7 Å². The SMILES string of the molecule is Cc1cccc(COc2ccccc2/C=N/NC(=O)c2ccc(COc3ccc(-n4c(C)ccc4C)cc3)o2)c1. The van der Waals surface area contributed by atoms with Crippen LogP contribution in [0.3, 0.4) is 0 Å². The molecule has 40 heavy (non-hydrogen) atoms. The number of nitrogens with zero attached hydrogens (tertiary/aromatic N) is 2. The Morgan fingerprint density at radius 3 is 2.40 bits per heavy atom. The Morgan fingerprint density at radius 2 is 1.62 bits per heavy atom. The van der Waals surface area contributed by atoms with Crippen molar-refractivity contribution in [1.82, 2.24) is 9.99 Å². The number of hydrogen-bond donors (Lipinski definition) is 1. The van der Waals surface area contributed by atoms with Gasteiger partial charge in [-0.3, -0.25) is 4.79 Å². The second-order valence-corrected chi connectivity index (χ2v) is 9.51. The summed E-state index contributed by atoms with van der Waals surface area (Å²) in [6.07, 6.45) is 1.55. The molecule has 3 aromatic carbocycles. The molecule has 0 saturated carbocycles. The Morgan fingerprint density at radius 1 is 0.850 bits per heavy atom. The molecular weight excluding hydrogens is 502 g/mol. The van der Waals surface area contributed by atoms with Crippen LogP contribution in [0.25, 0.3) is 5.69 Å². The van der Waals surface area contributed by atoms with E-state index in [1.165, 1.54) is 17.0 Å². The number of rotatable bonds is 10. The molecule has 0 aliphatic carbocycles. The number of amides is 1. The highest BCUT2D eigenvalue weighted by Gasteiger charge is 2.11. The van der Waals surface area contributed by atoms with Gasteiger partial charge in [-0.1, -0.05) is 42.0 Å². The van der Waals surface area contributed by atoms with Crippen molar-refractivity contribution in [3.05, 3.63) is 137 Å². The average molecular weight is 534 g/mol. The Labute approximate surface area is 233 Å². The molecule has 0 aliphatic rings. The van der Waals surface area contributed by atoms with Crippen LogP contribution in [0.4, 0.5) is 0 Å². The normalized spacial score (nSPS) is 11.1. The van der Waals surface area contributed by atoms with E-state index >= 15 is 0 Å². The molecule has 0 radical (unpaired) electrons. The highest BCUT2D eigenvalue weighted by molar-refractivity contribution is 5.92. The number of hydrogen-bond acceptors (Lipinski definition) is 5. The van der Waals surface area contributed by atoms with Crippen molar-refractivity contribution in [2.45, 2.75) is 34.0 Å². The Bertz CT molecular complexity index is 1610. The van der Waals surface area contributed by atoms with Crippen LogP contribution >= 0.6 is 0 Å². The summed E-state index contributed by atoms with van der Waals surface area (Å²) in [5, 5.41) is 4.09. The lowest BCUT2D eigenvalue weighted by Crippen LogP contribution is -2.16. The fourth-order valence-corrected chi connectivity index (χ4v) is 4.40. The molecule has 202 valence electrons. The molecule has 0 fully saturated rings. The van der Waals surface area contributed by atoms with Crippen LogP contribution < -0.4 is 14.9 Å². The fourth-order valence-electron chi connectivity index (χ4n) is 4.40. The second kappa shape index (κ2) is 12.2. The maximum absolute atomic E-state index is 12.6. The van der Waals surface area contributed by atoms with Gasteiger partial charge >= 0.3 is 5.91 Å². The lowest BCUT2D eigenvalue weighted by atomic mass is 10.1. The highest BCUT2D eigenvalue weighted by atomic mass is 16.5. The first-order valence-corrected chi connectivity index (χ1v) is 13.0. The minimum absolute atomic E-state index is 0.147. The highest BCUT2D eigenvalue weighted by Crippen LogP contribution is 2.21. The molecule has 0 bridgehead atoms.